The van der Waals surface area contributed by atoms with Crippen LogP contribution in [-0.2, 0) is 11.3 Å². The molecular formula is C19H13BrF3NO3. The van der Waals surface area contributed by atoms with Crippen LogP contribution >= 0.6 is 15.9 Å². The lowest BCUT2D eigenvalue weighted by molar-refractivity contribution is 0.0524. The third kappa shape index (κ3) is 3.62. The minimum atomic E-state index is -0.979. The minimum Gasteiger partial charge on any atom is -0.462 e. The molecule has 3 aromatic rings. The molecule has 0 atom stereocenters. The normalized spacial score (nSPS) is 11.0. The molecule has 0 saturated carbocycles. The summed E-state index contributed by atoms with van der Waals surface area (Å²) in [5.74, 6) is -3.38. The molecular weight excluding hydrogens is 427 g/mol. The van der Waals surface area contributed by atoms with Crippen LogP contribution in [0.4, 0.5) is 13.2 Å². The van der Waals surface area contributed by atoms with Gasteiger partial charge >= 0.3 is 5.97 Å². The first-order valence-corrected chi connectivity index (χ1v) is 8.75. The van der Waals surface area contributed by atoms with Gasteiger partial charge in [-0.05, 0) is 31.2 Å². The molecule has 0 radical (unpaired) electrons. The smallest absolute Gasteiger partial charge is 0.343 e. The maximum absolute atomic E-state index is 14.4. The highest BCUT2D eigenvalue weighted by Crippen LogP contribution is 2.22. The summed E-state index contributed by atoms with van der Waals surface area (Å²) in [5, 5.41) is -0.585. The molecule has 4 nitrogen and oxygen atoms in total. The minimum absolute atomic E-state index is 0.00326. The zero-order valence-corrected chi connectivity index (χ0v) is 15.6. The monoisotopic (exact) mass is 439 g/mol. The quantitative estimate of drug-likeness (QED) is 0.565. The van der Waals surface area contributed by atoms with Crippen molar-refractivity contribution in [3.8, 4) is 0 Å². The van der Waals surface area contributed by atoms with E-state index in [9.17, 15) is 22.8 Å². The Morgan fingerprint density at radius 1 is 1.11 bits per heavy atom. The van der Waals surface area contributed by atoms with Crippen molar-refractivity contribution in [2.24, 2.45) is 0 Å². The molecule has 1 heterocycles. The van der Waals surface area contributed by atoms with E-state index in [-0.39, 0.29) is 24.2 Å². The second kappa shape index (κ2) is 7.56. The second-order valence-electron chi connectivity index (χ2n) is 5.71. The Balaban J connectivity index is 2.30. The zero-order chi connectivity index (χ0) is 19.7. The van der Waals surface area contributed by atoms with Gasteiger partial charge in [-0.1, -0.05) is 22.0 Å². The summed E-state index contributed by atoms with van der Waals surface area (Å²) >= 11 is 3.14. The van der Waals surface area contributed by atoms with Gasteiger partial charge in [0, 0.05) is 16.2 Å². The van der Waals surface area contributed by atoms with Crippen molar-refractivity contribution in [3.05, 3.63) is 79.8 Å². The largest absolute Gasteiger partial charge is 0.462 e. The molecule has 0 saturated heterocycles. The van der Waals surface area contributed by atoms with Gasteiger partial charge in [-0.2, -0.15) is 0 Å². The third-order valence-corrected chi connectivity index (χ3v) is 4.47. The lowest BCUT2D eigenvalue weighted by Gasteiger charge is -2.15. The first-order chi connectivity index (χ1) is 12.8. The number of nitrogens with zero attached hydrogens (tertiary/aromatic N) is 1. The molecule has 3 rings (SSSR count). The van der Waals surface area contributed by atoms with Crippen LogP contribution in [0.2, 0.25) is 0 Å². The highest BCUT2D eigenvalue weighted by molar-refractivity contribution is 9.10. The number of hydrogen-bond acceptors (Lipinski definition) is 3. The van der Waals surface area contributed by atoms with Crippen LogP contribution in [0.25, 0.3) is 10.9 Å². The Hall–Kier alpha value is -2.61. The first kappa shape index (κ1) is 19.2. The van der Waals surface area contributed by atoms with E-state index in [1.54, 1.807) is 13.0 Å². The molecule has 0 amide bonds. The van der Waals surface area contributed by atoms with Crippen molar-refractivity contribution < 1.29 is 22.7 Å². The van der Waals surface area contributed by atoms with Crippen molar-refractivity contribution in [3.63, 3.8) is 0 Å². The van der Waals surface area contributed by atoms with E-state index in [1.165, 1.54) is 12.1 Å². The summed E-state index contributed by atoms with van der Waals surface area (Å²) in [6.07, 6.45) is 1.06. The van der Waals surface area contributed by atoms with Crippen molar-refractivity contribution in [2.45, 2.75) is 13.5 Å². The van der Waals surface area contributed by atoms with E-state index in [0.29, 0.717) is 4.47 Å². The molecule has 0 fully saturated rings. The number of hydrogen-bond donors (Lipinski definition) is 0. The van der Waals surface area contributed by atoms with Crippen molar-refractivity contribution in [2.75, 3.05) is 6.61 Å². The van der Waals surface area contributed by atoms with Crippen molar-refractivity contribution in [1.82, 2.24) is 4.57 Å². The summed E-state index contributed by atoms with van der Waals surface area (Å²) in [7, 11) is 0. The van der Waals surface area contributed by atoms with Crippen LogP contribution in [0.5, 0.6) is 0 Å². The van der Waals surface area contributed by atoms with Gasteiger partial charge in [-0.15, -0.1) is 0 Å². The van der Waals surface area contributed by atoms with Gasteiger partial charge in [-0.3, -0.25) is 4.79 Å². The van der Waals surface area contributed by atoms with Gasteiger partial charge in [0.25, 0.3) is 0 Å². The summed E-state index contributed by atoms with van der Waals surface area (Å²) < 4.78 is 49.4. The Labute approximate surface area is 160 Å². The fraction of sp³-hybridized carbons (Fsp3) is 0.158. The maximum atomic E-state index is 14.4. The molecule has 27 heavy (non-hydrogen) atoms. The summed E-state index contributed by atoms with van der Waals surface area (Å²) in [4.78, 5) is 24.6. The molecule has 0 unspecified atom stereocenters. The van der Waals surface area contributed by atoms with Gasteiger partial charge in [0.1, 0.15) is 23.0 Å². The SMILES string of the molecule is CCOC(=O)c1cn(Cc2ccc(Br)cc2F)c2c(F)ccc(F)c2c1=O. The topological polar surface area (TPSA) is 48.3 Å². The Morgan fingerprint density at radius 2 is 1.81 bits per heavy atom. The molecule has 140 valence electrons. The lowest BCUT2D eigenvalue weighted by atomic mass is 10.1. The van der Waals surface area contributed by atoms with Gasteiger partial charge in [-0.25, -0.2) is 18.0 Å². The Morgan fingerprint density at radius 3 is 2.48 bits per heavy atom. The number of carbonyl (C=O) groups is 1. The third-order valence-electron chi connectivity index (χ3n) is 3.97. The van der Waals surface area contributed by atoms with Crippen LogP contribution in [0.15, 0.2) is 45.8 Å². The Kier molecular flexibility index (Phi) is 5.36. The summed E-state index contributed by atoms with van der Waals surface area (Å²) in [5.41, 5.74) is -1.61. The number of aromatic nitrogens is 1. The van der Waals surface area contributed by atoms with Gasteiger partial charge in [0.15, 0.2) is 0 Å². The maximum Gasteiger partial charge on any atom is 0.343 e. The molecule has 1 aromatic heterocycles. The summed E-state index contributed by atoms with van der Waals surface area (Å²) in [6, 6.07) is 5.95. The number of ether oxygens (including phenoxy) is 1. The van der Waals surface area contributed by atoms with E-state index < -0.39 is 39.8 Å². The number of halogens is 4. The van der Waals surface area contributed by atoms with Crippen molar-refractivity contribution in [1.29, 1.82) is 0 Å². The summed E-state index contributed by atoms with van der Waals surface area (Å²) in [6.45, 7) is 1.33. The molecule has 0 aliphatic carbocycles. The fourth-order valence-electron chi connectivity index (χ4n) is 2.76. The van der Waals surface area contributed by atoms with E-state index in [0.717, 1.165) is 22.9 Å². The number of esters is 1. The predicted molar refractivity (Wildman–Crippen MR) is 97.3 cm³/mol. The average Bonchev–Trinajstić information content (AvgIpc) is 2.62. The van der Waals surface area contributed by atoms with Gasteiger partial charge in [0.05, 0.1) is 24.1 Å². The molecule has 0 spiro atoms. The van der Waals surface area contributed by atoms with Crippen LogP contribution in [0.1, 0.15) is 22.8 Å². The average molecular weight is 440 g/mol. The fourth-order valence-corrected chi connectivity index (χ4v) is 3.10. The standard InChI is InChI=1S/C19H13BrF3NO3/c1-2-27-19(26)12-9-24(8-10-3-4-11(20)7-15(10)23)17-14(22)6-5-13(21)16(17)18(12)25/h3-7,9H,2,8H2,1H3. The van der Waals surface area contributed by atoms with Gasteiger partial charge in [0.2, 0.25) is 5.43 Å². The molecule has 2 aromatic carbocycles. The highest BCUT2D eigenvalue weighted by atomic mass is 79.9. The molecule has 0 aliphatic rings. The van der Waals surface area contributed by atoms with Crippen molar-refractivity contribution >= 4 is 32.8 Å². The molecule has 0 N–H and O–H groups in total. The number of rotatable bonds is 4. The number of benzene rings is 2. The highest BCUT2D eigenvalue weighted by Gasteiger charge is 2.21. The molecule has 8 heteroatoms. The number of fused-ring (bicyclic) bond motifs is 1. The number of pyridine rings is 1. The lowest BCUT2D eigenvalue weighted by Crippen LogP contribution is -2.22. The van der Waals surface area contributed by atoms with E-state index in [2.05, 4.69) is 15.9 Å². The first-order valence-electron chi connectivity index (χ1n) is 7.95. The van der Waals surface area contributed by atoms with Crippen LogP contribution < -0.4 is 5.43 Å². The van der Waals surface area contributed by atoms with Gasteiger partial charge < -0.3 is 9.30 Å². The predicted octanol–water partition coefficient (Wildman–Crippen LogP) is 4.41. The zero-order valence-electron chi connectivity index (χ0n) is 14.1. The van der Waals surface area contributed by atoms with Crippen LogP contribution in [-0.4, -0.2) is 17.1 Å². The number of carbonyl (C=O) groups excluding carboxylic acids is 1. The van der Waals surface area contributed by atoms with E-state index >= 15 is 0 Å². The van der Waals surface area contributed by atoms with Crippen LogP contribution in [0.3, 0.4) is 0 Å². The van der Waals surface area contributed by atoms with E-state index in [4.69, 9.17) is 4.74 Å². The molecule has 0 aliphatic heterocycles. The van der Waals surface area contributed by atoms with Crippen LogP contribution in [0, 0.1) is 17.5 Å². The second-order valence-corrected chi connectivity index (χ2v) is 6.62. The Bertz CT molecular complexity index is 1110. The molecule has 0 bridgehead atoms. The van der Waals surface area contributed by atoms with E-state index in [1.807, 2.05) is 0 Å².